The predicted molar refractivity (Wildman–Crippen MR) is 66.5 cm³/mol. The number of hydrogen-bond donors (Lipinski definition) is 1. The summed E-state index contributed by atoms with van der Waals surface area (Å²) >= 11 is 0. The summed E-state index contributed by atoms with van der Waals surface area (Å²) in [4.78, 5) is 11.2. The van der Waals surface area contributed by atoms with Crippen molar-refractivity contribution in [1.29, 1.82) is 5.26 Å². The van der Waals surface area contributed by atoms with E-state index < -0.39 is 5.78 Å². The fraction of sp³-hybridized carbons (Fsp3) is 0.286. The van der Waals surface area contributed by atoms with Gasteiger partial charge in [-0.1, -0.05) is 17.7 Å². The Hall–Kier alpha value is -2.08. The summed E-state index contributed by atoms with van der Waals surface area (Å²) in [5.74, 6) is -0.653. The van der Waals surface area contributed by atoms with E-state index in [1.165, 1.54) is 6.92 Å². The minimum absolute atomic E-state index is 0.194. The third-order valence-electron chi connectivity index (χ3n) is 2.61. The van der Waals surface area contributed by atoms with Gasteiger partial charge in [0.2, 0.25) is 0 Å². The van der Waals surface area contributed by atoms with Crippen molar-refractivity contribution in [2.24, 2.45) is 0 Å². The Bertz CT molecular complexity index is 525. The number of hydrogen-bond acceptors (Lipinski definition) is 3. The number of Topliss-reactive ketones (excluding diaryl/α,β-unsaturated/α-hetero) is 1. The molecule has 0 fully saturated rings. The number of nitriles is 1. The van der Waals surface area contributed by atoms with Crippen molar-refractivity contribution in [1.82, 2.24) is 0 Å². The molecule has 1 aromatic rings. The normalized spacial score (nSPS) is 11.7. The van der Waals surface area contributed by atoms with Crippen molar-refractivity contribution < 1.29 is 9.90 Å². The van der Waals surface area contributed by atoms with Crippen LogP contribution in [0, 0.1) is 32.1 Å². The first-order valence-electron chi connectivity index (χ1n) is 5.31. The van der Waals surface area contributed by atoms with Crippen LogP contribution < -0.4 is 0 Å². The second-order valence-electron chi connectivity index (χ2n) is 4.17. The van der Waals surface area contributed by atoms with Gasteiger partial charge < -0.3 is 5.11 Å². The molecule has 0 unspecified atom stereocenters. The van der Waals surface area contributed by atoms with Crippen LogP contribution in [0.4, 0.5) is 0 Å². The number of carbonyl (C=O) groups excluding carboxylic acids is 1. The van der Waals surface area contributed by atoms with Gasteiger partial charge in [-0.2, -0.15) is 5.26 Å². The molecule has 3 heteroatoms. The molecular formula is C14H15NO2. The zero-order chi connectivity index (χ0) is 13.2. The average Bonchev–Trinajstić information content (AvgIpc) is 2.15. The highest BCUT2D eigenvalue weighted by atomic mass is 16.3. The van der Waals surface area contributed by atoms with Crippen molar-refractivity contribution in [3.8, 4) is 6.07 Å². The van der Waals surface area contributed by atoms with Crippen molar-refractivity contribution >= 4 is 11.5 Å². The summed E-state index contributed by atoms with van der Waals surface area (Å²) in [5, 5.41) is 18.9. The molecule has 17 heavy (non-hydrogen) atoms. The van der Waals surface area contributed by atoms with E-state index in [9.17, 15) is 9.90 Å². The fourth-order valence-electron chi connectivity index (χ4n) is 1.98. The molecule has 0 heterocycles. The summed E-state index contributed by atoms with van der Waals surface area (Å²) in [7, 11) is 0. The first-order chi connectivity index (χ1) is 7.88. The van der Waals surface area contributed by atoms with Gasteiger partial charge >= 0.3 is 0 Å². The molecule has 3 nitrogen and oxygen atoms in total. The van der Waals surface area contributed by atoms with Crippen molar-refractivity contribution in [3.63, 3.8) is 0 Å². The van der Waals surface area contributed by atoms with Crippen LogP contribution in [0.2, 0.25) is 0 Å². The summed E-state index contributed by atoms with van der Waals surface area (Å²) in [6, 6.07) is 5.57. The van der Waals surface area contributed by atoms with E-state index in [1.807, 2.05) is 32.9 Å². The monoisotopic (exact) mass is 229 g/mol. The Kier molecular flexibility index (Phi) is 3.69. The highest BCUT2D eigenvalue weighted by Gasteiger charge is 2.16. The number of aliphatic hydroxyl groups is 1. The van der Waals surface area contributed by atoms with Gasteiger partial charge in [-0.3, -0.25) is 4.79 Å². The van der Waals surface area contributed by atoms with Crippen LogP contribution in [0.5, 0.6) is 0 Å². The van der Waals surface area contributed by atoms with Crippen LogP contribution >= 0.6 is 0 Å². The van der Waals surface area contributed by atoms with Crippen LogP contribution in [-0.2, 0) is 4.79 Å². The van der Waals surface area contributed by atoms with E-state index in [-0.39, 0.29) is 11.3 Å². The largest absolute Gasteiger partial charge is 0.506 e. The third kappa shape index (κ3) is 2.54. The number of aliphatic hydroxyl groups excluding tert-OH is 1. The van der Waals surface area contributed by atoms with Crippen LogP contribution in [0.25, 0.3) is 5.76 Å². The molecule has 0 aliphatic heterocycles. The zero-order valence-corrected chi connectivity index (χ0v) is 10.5. The SMILES string of the molecule is CC(=O)/C(C#N)=C(\O)c1c(C)cc(C)cc1C. The van der Waals surface area contributed by atoms with Gasteiger partial charge in [0.1, 0.15) is 17.4 Å². The maximum atomic E-state index is 11.2. The second kappa shape index (κ2) is 4.84. The van der Waals surface area contributed by atoms with Crippen LogP contribution in [-0.4, -0.2) is 10.9 Å². The number of aryl methyl sites for hydroxylation is 3. The molecule has 0 saturated carbocycles. The summed E-state index contributed by atoms with van der Waals surface area (Å²) in [5.41, 5.74) is 3.17. The molecule has 0 aliphatic rings. The number of carbonyl (C=O) groups is 1. The number of nitrogens with zero attached hydrogens (tertiary/aromatic N) is 1. The predicted octanol–water partition coefficient (Wildman–Crippen LogP) is 2.99. The smallest absolute Gasteiger partial charge is 0.174 e. The molecule has 0 saturated heterocycles. The van der Waals surface area contributed by atoms with Crippen molar-refractivity contribution in [3.05, 3.63) is 40.0 Å². The standard InChI is InChI=1S/C14H15NO2/c1-8-5-9(2)13(10(3)6-8)14(17)12(7-15)11(4)16/h5-6,17H,1-4H3/b14-12-. The van der Waals surface area contributed by atoms with Gasteiger partial charge in [-0.05, 0) is 31.9 Å². The molecular weight excluding hydrogens is 214 g/mol. The van der Waals surface area contributed by atoms with Crippen LogP contribution in [0.15, 0.2) is 17.7 Å². The van der Waals surface area contributed by atoms with E-state index in [0.29, 0.717) is 5.56 Å². The Labute approximate surface area is 101 Å². The van der Waals surface area contributed by atoms with Crippen molar-refractivity contribution in [2.45, 2.75) is 27.7 Å². The molecule has 1 aromatic carbocycles. The molecule has 0 atom stereocenters. The van der Waals surface area contributed by atoms with Gasteiger partial charge in [-0.15, -0.1) is 0 Å². The molecule has 0 aromatic heterocycles. The van der Waals surface area contributed by atoms with Gasteiger partial charge in [0.05, 0.1) is 0 Å². The average molecular weight is 229 g/mol. The molecule has 1 N–H and O–H groups in total. The molecule has 0 aliphatic carbocycles. The van der Waals surface area contributed by atoms with E-state index in [1.54, 1.807) is 6.07 Å². The quantitative estimate of drug-likeness (QED) is 0.481. The molecule has 1 rings (SSSR count). The lowest BCUT2D eigenvalue weighted by Crippen LogP contribution is -2.02. The number of benzene rings is 1. The second-order valence-corrected chi connectivity index (χ2v) is 4.17. The topological polar surface area (TPSA) is 61.1 Å². The van der Waals surface area contributed by atoms with Gasteiger partial charge in [-0.25, -0.2) is 0 Å². The Morgan fingerprint density at radius 1 is 1.24 bits per heavy atom. The molecule has 0 radical (unpaired) electrons. The van der Waals surface area contributed by atoms with Crippen LogP contribution in [0.1, 0.15) is 29.2 Å². The highest BCUT2D eigenvalue weighted by Crippen LogP contribution is 2.25. The maximum Gasteiger partial charge on any atom is 0.174 e. The fourth-order valence-corrected chi connectivity index (χ4v) is 1.98. The third-order valence-corrected chi connectivity index (χ3v) is 2.61. The molecule has 0 amide bonds. The lowest BCUT2D eigenvalue weighted by molar-refractivity contribution is -0.113. The first-order valence-corrected chi connectivity index (χ1v) is 5.31. The number of allylic oxidation sites excluding steroid dienone is 1. The van der Waals surface area contributed by atoms with E-state index in [4.69, 9.17) is 5.26 Å². The molecule has 0 bridgehead atoms. The molecule has 88 valence electrons. The molecule has 0 spiro atoms. The number of ketones is 1. The van der Waals surface area contributed by atoms with E-state index >= 15 is 0 Å². The van der Waals surface area contributed by atoms with Crippen LogP contribution in [0.3, 0.4) is 0 Å². The summed E-state index contributed by atoms with van der Waals surface area (Å²) in [6.07, 6.45) is 0. The number of rotatable bonds is 2. The lowest BCUT2D eigenvalue weighted by Gasteiger charge is -2.11. The Morgan fingerprint density at radius 3 is 2.06 bits per heavy atom. The minimum Gasteiger partial charge on any atom is -0.506 e. The first kappa shape index (κ1) is 13.0. The summed E-state index contributed by atoms with van der Waals surface area (Å²) < 4.78 is 0. The van der Waals surface area contributed by atoms with Gasteiger partial charge in [0.15, 0.2) is 5.78 Å². The van der Waals surface area contributed by atoms with Gasteiger partial charge in [0, 0.05) is 12.5 Å². The Balaban J connectivity index is 3.56. The highest BCUT2D eigenvalue weighted by molar-refractivity contribution is 6.03. The zero-order valence-electron chi connectivity index (χ0n) is 10.5. The van der Waals surface area contributed by atoms with E-state index in [2.05, 4.69) is 0 Å². The van der Waals surface area contributed by atoms with Crippen molar-refractivity contribution in [2.75, 3.05) is 0 Å². The maximum absolute atomic E-state index is 11.2. The van der Waals surface area contributed by atoms with Gasteiger partial charge in [0.25, 0.3) is 0 Å². The van der Waals surface area contributed by atoms with E-state index in [0.717, 1.165) is 16.7 Å². The summed E-state index contributed by atoms with van der Waals surface area (Å²) in [6.45, 7) is 6.93. The minimum atomic E-state index is -0.427. The Morgan fingerprint density at radius 2 is 1.71 bits per heavy atom. The lowest BCUT2D eigenvalue weighted by atomic mass is 9.95.